The van der Waals surface area contributed by atoms with Crippen molar-refractivity contribution in [3.05, 3.63) is 62.5 Å². The average Bonchev–Trinajstić information content (AvgIpc) is 3.26. The van der Waals surface area contributed by atoms with E-state index in [1.165, 1.54) is 11.3 Å². The van der Waals surface area contributed by atoms with Gasteiger partial charge in [-0.25, -0.2) is 4.98 Å². The lowest BCUT2D eigenvalue weighted by molar-refractivity contribution is 0.0747. The quantitative estimate of drug-likeness (QED) is 0.711. The van der Waals surface area contributed by atoms with Crippen molar-refractivity contribution in [2.45, 2.75) is 39.3 Å². The van der Waals surface area contributed by atoms with Gasteiger partial charge in [-0.1, -0.05) is 30.3 Å². The van der Waals surface area contributed by atoms with Crippen LogP contribution in [0.15, 0.2) is 35.1 Å². The van der Waals surface area contributed by atoms with E-state index in [1.54, 1.807) is 9.47 Å². The van der Waals surface area contributed by atoms with E-state index in [-0.39, 0.29) is 17.5 Å². The number of rotatable bonds is 3. The van der Waals surface area contributed by atoms with Gasteiger partial charge in [0.25, 0.3) is 11.5 Å². The Morgan fingerprint density at radius 2 is 2.04 bits per heavy atom. The molecule has 4 rings (SSSR count). The fourth-order valence-corrected chi connectivity index (χ4v) is 4.74. The Bertz CT molecular complexity index is 1050. The first kappa shape index (κ1) is 17.0. The highest BCUT2D eigenvalue weighted by atomic mass is 32.1. The minimum atomic E-state index is -0.0635. The molecule has 0 fully saturated rings. The van der Waals surface area contributed by atoms with Crippen LogP contribution in [0.5, 0.6) is 0 Å². The maximum absolute atomic E-state index is 13.1. The Balaban J connectivity index is 1.75. The summed E-state index contributed by atoms with van der Waals surface area (Å²) < 4.78 is 1.76. The number of hydrogen-bond donors (Lipinski definition) is 0. The summed E-state index contributed by atoms with van der Waals surface area (Å²) in [6.07, 6.45) is 1.79. The van der Waals surface area contributed by atoms with Gasteiger partial charge >= 0.3 is 0 Å². The molecule has 0 N–H and O–H groups in total. The Morgan fingerprint density at radius 1 is 1.31 bits per heavy atom. The molecule has 1 aromatic carbocycles. The molecule has 134 valence electrons. The van der Waals surface area contributed by atoms with Gasteiger partial charge in [0.15, 0.2) is 0 Å². The van der Waals surface area contributed by atoms with Crippen molar-refractivity contribution in [2.75, 3.05) is 7.05 Å². The van der Waals surface area contributed by atoms with E-state index in [1.807, 2.05) is 51.2 Å². The molecule has 1 amide bonds. The van der Waals surface area contributed by atoms with Crippen LogP contribution in [-0.4, -0.2) is 27.4 Å². The third-order valence-corrected chi connectivity index (χ3v) is 6.46. The zero-order valence-corrected chi connectivity index (χ0v) is 16.0. The number of aromatic nitrogens is 2. The first-order valence-corrected chi connectivity index (χ1v) is 9.65. The zero-order valence-electron chi connectivity index (χ0n) is 15.2. The Morgan fingerprint density at radius 3 is 2.77 bits per heavy atom. The van der Waals surface area contributed by atoms with Crippen LogP contribution in [0, 0.1) is 6.92 Å². The summed E-state index contributed by atoms with van der Waals surface area (Å²) in [5.74, 6) is 0.778. The van der Waals surface area contributed by atoms with Gasteiger partial charge in [0.2, 0.25) is 0 Å². The molecule has 6 heteroatoms. The smallest absolute Gasteiger partial charge is 0.264 e. The third kappa shape index (κ3) is 2.56. The fourth-order valence-electron chi connectivity index (χ4n) is 3.57. The Labute approximate surface area is 155 Å². The minimum Gasteiger partial charge on any atom is -0.334 e. The van der Waals surface area contributed by atoms with Crippen LogP contribution in [0.3, 0.4) is 0 Å². The van der Waals surface area contributed by atoms with Crippen LogP contribution in [0.25, 0.3) is 10.2 Å². The Kier molecular flexibility index (Phi) is 4.15. The molecular formula is C20H21N3O2S. The predicted molar refractivity (Wildman–Crippen MR) is 104 cm³/mol. The second-order valence-electron chi connectivity index (χ2n) is 6.83. The summed E-state index contributed by atoms with van der Waals surface area (Å²) in [6, 6.07) is 9.90. The molecule has 2 aromatic heterocycles. The molecule has 1 atom stereocenters. The van der Waals surface area contributed by atoms with Gasteiger partial charge in [-0.3, -0.25) is 14.2 Å². The highest BCUT2D eigenvalue weighted by Gasteiger charge is 2.26. The molecular weight excluding hydrogens is 346 g/mol. The summed E-state index contributed by atoms with van der Waals surface area (Å²) in [5, 5.41) is 0.602. The number of amides is 1. The normalized spacial score (nSPS) is 14.4. The van der Waals surface area contributed by atoms with Crippen molar-refractivity contribution in [1.82, 2.24) is 14.5 Å². The molecule has 1 aliphatic heterocycles. The summed E-state index contributed by atoms with van der Waals surface area (Å²) >= 11 is 1.34. The highest BCUT2D eigenvalue weighted by molar-refractivity contribution is 7.20. The number of fused-ring (bicyclic) bond motifs is 2. The van der Waals surface area contributed by atoms with Crippen LogP contribution < -0.4 is 5.56 Å². The SMILES string of the molecule is Cc1c(C(=O)N(C)[C@@H](C)c2ccccc2)sc2nc3n(c(=O)c12)CCC3. The van der Waals surface area contributed by atoms with Gasteiger partial charge < -0.3 is 4.90 Å². The van der Waals surface area contributed by atoms with Gasteiger partial charge in [0.05, 0.1) is 16.3 Å². The van der Waals surface area contributed by atoms with E-state index in [0.29, 0.717) is 15.1 Å². The first-order chi connectivity index (χ1) is 12.5. The van der Waals surface area contributed by atoms with Gasteiger partial charge in [-0.15, -0.1) is 11.3 Å². The van der Waals surface area contributed by atoms with Crippen LogP contribution in [0.4, 0.5) is 0 Å². The lowest BCUT2D eigenvalue weighted by atomic mass is 10.1. The van der Waals surface area contributed by atoms with E-state index in [4.69, 9.17) is 0 Å². The predicted octanol–water partition coefficient (Wildman–Crippen LogP) is 3.55. The maximum Gasteiger partial charge on any atom is 0.264 e. The second kappa shape index (κ2) is 6.36. The summed E-state index contributed by atoms with van der Waals surface area (Å²) in [7, 11) is 1.81. The average molecular weight is 367 g/mol. The molecule has 0 saturated carbocycles. The van der Waals surface area contributed by atoms with Gasteiger partial charge in [-0.2, -0.15) is 0 Å². The largest absolute Gasteiger partial charge is 0.334 e. The third-order valence-electron chi connectivity index (χ3n) is 5.29. The van der Waals surface area contributed by atoms with Crippen LogP contribution in [-0.2, 0) is 13.0 Å². The number of carbonyl (C=O) groups is 1. The number of hydrogen-bond acceptors (Lipinski definition) is 4. The van der Waals surface area contributed by atoms with E-state index in [2.05, 4.69) is 4.98 Å². The summed E-state index contributed by atoms with van der Waals surface area (Å²) in [4.78, 5) is 33.6. The number of nitrogens with zero attached hydrogens (tertiary/aromatic N) is 3. The monoisotopic (exact) mass is 367 g/mol. The molecule has 0 bridgehead atoms. The lowest BCUT2D eigenvalue weighted by Crippen LogP contribution is -2.29. The highest BCUT2D eigenvalue weighted by Crippen LogP contribution is 2.31. The minimum absolute atomic E-state index is 0.00550. The van der Waals surface area contributed by atoms with Crippen LogP contribution >= 0.6 is 11.3 Å². The number of aryl methyl sites for hydroxylation is 2. The standard InChI is InChI=1S/C20H21N3O2S/c1-12-16-18(21-15-10-7-11-23(15)19(16)24)26-17(12)20(25)22(3)13(2)14-8-5-4-6-9-14/h4-6,8-9,13H,7,10-11H2,1-3H3/t13-/m0/s1. The second-order valence-corrected chi connectivity index (χ2v) is 7.83. The molecule has 0 radical (unpaired) electrons. The lowest BCUT2D eigenvalue weighted by Gasteiger charge is -2.25. The van der Waals surface area contributed by atoms with Gasteiger partial charge in [0.1, 0.15) is 10.7 Å². The van der Waals surface area contributed by atoms with Crippen LogP contribution in [0.2, 0.25) is 0 Å². The number of thiophene rings is 1. The fraction of sp³-hybridized carbons (Fsp3) is 0.350. The molecule has 0 aliphatic carbocycles. The van der Waals surface area contributed by atoms with Crippen molar-refractivity contribution in [3.63, 3.8) is 0 Å². The molecule has 1 aliphatic rings. The van der Waals surface area contributed by atoms with Crippen molar-refractivity contribution in [2.24, 2.45) is 0 Å². The van der Waals surface area contributed by atoms with Crippen molar-refractivity contribution in [3.8, 4) is 0 Å². The van der Waals surface area contributed by atoms with E-state index in [0.717, 1.165) is 36.3 Å². The first-order valence-electron chi connectivity index (χ1n) is 8.84. The molecule has 0 unspecified atom stereocenters. The maximum atomic E-state index is 13.1. The number of carbonyl (C=O) groups excluding carboxylic acids is 1. The van der Waals surface area contributed by atoms with Crippen LogP contribution in [0.1, 0.15) is 46.0 Å². The summed E-state index contributed by atoms with van der Waals surface area (Å²) in [6.45, 7) is 4.59. The van der Waals surface area contributed by atoms with E-state index < -0.39 is 0 Å². The van der Waals surface area contributed by atoms with Crippen molar-refractivity contribution >= 4 is 27.5 Å². The molecule has 3 heterocycles. The van der Waals surface area contributed by atoms with E-state index >= 15 is 0 Å². The number of benzene rings is 1. The topological polar surface area (TPSA) is 55.2 Å². The molecule has 0 saturated heterocycles. The summed E-state index contributed by atoms with van der Waals surface area (Å²) in [5.41, 5.74) is 1.83. The molecule has 26 heavy (non-hydrogen) atoms. The van der Waals surface area contributed by atoms with Gasteiger partial charge in [-0.05, 0) is 31.4 Å². The van der Waals surface area contributed by atoms with E-state index in [9.17, 15) is 9.59 Å². The van der Waals surface area contributed by atoms with Crippen molar-refractivity contribution in [1.29, 1.82) is 0 Å². The van der Waals surface area contributed by atoms with Crippen molar-refractivity contribution < 1.29 is 4.79 Å². The zero-order chi connectivity index (χ0) is 18.4. The molecule has 3 aromatic rings. The molecule has 0 spiro atoms. The Hall–Kier alpha value is -2.47. The molecule has 5 nitrogen and oxygen atoms in total. The van der Waals surface area contributed by atoms with Gasteiger partial charge in [0, 0.05) is 20.0 Å².